The van der Waals surface area contributed by atoms with Gasteiger partial charge < -0.3 is 4.43 Å². The first-order valence-electron chi connectivity index (χ1n) is 7.23. The Bertz CT molecular complexity index is 407. The minimum Gasteiger partial charge on any atom is -0.414 e. The van der Waals surface area contributed by atoms with Gasteiger partial charge in [-0.05, 0) is 50.8 Å². The molecule has 1 aromatic rings. The predicted molar refractivity (Wildman–Crippen MR) is 78.7 cm³/mol. The molecule has 0 heterocycles. The van der Waals surface area contributed by atoms with Crippen LogP contribution >= 0.6 is 0 Å². The molecule has 20 heavy (non-hydrogen) atoms. The van der Waals surface area contributed by atoms with E-state index in [1.165, 1.54) is 25.0 Å². The molecule has 0 aliphatic carbocycles. The van der Waals surface area contributed by atoms with Crippen LogP contribution in [-0.4, -0.2) is 16.1 Å². The summed E-state index contributed by atoms with van der Waals surface area (Å²) in [6, 6.07) is 4.16. The van der Waals surface area contributed by atoms with Gasteiger partial charge in [-0.25, -0.2) is 8.78 Å². The van der Waals surface area contributed by atoms with E-state index >= 15 is 0 Å². The van der Waals surface area contributed by atoms with E-state index in [0.717, 1.165) is 37.7 Å². The number of hydrogen-bond donors (Lipinski definition) is 0. The number of hydrogen-bond acceptors (Lipinski definition) is 1. The van der Waals surface area contributed by atoms with Crippen LogP contribution in [0.25, 0.3) is 0 Å². The van der Waals surface area contributed by atoms with Gasteiger partial charge in [0.2, 0.25) is 10.5 Å². The van der Waals surface area contributed by atoms with Crippen molar-refractivity contribution in [2.45, 2.75) is 64.4 Å². The second-order valence-corrected chi connectivity index (χ2v) is 6.08. The Morgan fingerprint density at radius 3 is 2.30 bits per heavy atom. The van der Waals surface area contributed by atoms with E-state index in [9.17, 15) is 8.78 Å². The monoisotopic (exact) mass is 297 g/mol. The minimum absolute atomic E-state index is 0.109. The fraction of sp³-hybridized carbons (Fsp3) is 0.625. The van der Waals surface area contributed by atoms with Crippen molar-refractivity contribution in [1.82, 2.24) is 0 Å². The van der Waals surface area contributed by atoms with Gasteiger partial charge in [0.1, 0.15) is 0 Å². The van der Waals surface area contributed by atoms with Gasteiger partial charge in [0.15, 0.2) is 11.6 Å². The maximum Gasteiger partial charge on any atom is 0.246 e. The van der Waals surface area contributed by atoms with Gasteiger partial charge in [0.25, 0.3) is 0 Å². The van der Waals surface area contributed by atoms with Crippen molar-refractivity contribution in [3.05, 3.63) is 35.4 Å². The molecule has 1 rings (SSSR count). The maximum atomic E-state index is 13.0. The Hall–Kier alpha value is -0.743. The molecule has 0 aliphatic rings. The first-order chi connectivity index (χ1) is 9.44. The van der Waals surface area contributed by atoms with Gasteiger partial charge in [-0.1, -0.05) is 31.7 Å². The summed E-state index contributed by atoms with van der Waals surface area (Å²) < 4.78 is 31.0. The fourth-order valence-corrected chi connectivity index (χ4v) is 2.26. The van der Waals surface area contributed by atoms with Crippen molar-refractivity contribution < 1.29 is 13.2 Å². The van der Waals surface area contributed by atoms with Crippen LogP contribution in [0.3, 0.4) is 0 Å². The molecule has 0 spiro atoms. The molecule has 4 heteroatoms. The molecule has 0 N–H and O–H groups in total. The highest BCUT2D eigenvalue weighted by molar-refractivity contribution is 5.98. The van der Waals surface area contributed by atoms with Crippen molar-refractivity contribution in [3.63, 3.8) is 0 Å². The van der Waals surface area contributed by atoms with Gasteiger partial charge in [-0.2, -0.15) is 0 Å². The lowest BCUT2D eigenvalue weighted by molar-refractivity contribution is 0.109. The molecule has 1 aromatic carbocycles. The van der Waals surface area contributed by atoms with Crippen molar-refractivity contribution in [2.24, 2.45) is 0 Å². The van der Waals surface area contributed by atoms with Crippen LogP contribution in [0, 0.1) is 11.6 Å². The molecule has 1 nitrogen and oxygen atoms in total. The Morgan fingerprint density at radius 1 is 1.00 bits per heavy atom. The Balaban J connectivity index is 2.09. The van der Waals surface area contributed by atoms with Gasteiger partial charge in [-0.15, -0.1) is 0 Å². The lowest BCUT2D eigenvalue weighted by Gasteiger charge is -2.22. The normalized spacial score (nSPS) is 11.8. The first-order valence-corrected chi connectivity index (χ1v) is 7.64. The average molecular weight is 297 g/mol. The highest BCUT2D eigenvalue weighted by Crippen LogP contribution is 2.18. The van der Waals surface area contributed by atoms with E-state index in [1.54, 1.807) is 6.07 Å². The molecule has 0 aliphatic heterocycles. The summed E-state index contributed by atoms with van der Waals surface area (Å²) in [7, 11) is 3.09. The Kier molecular flexibility index (Phi) is 7.38. The summed E-state index contributed by atoms with van der Waals surface area (Å²) in [5.74, 6) is -1.52. The lowest BCUT2D eigenvalue weighted by Crippen LogP contribution is -2.22. The largest absolute Gasteiger partial charge is 0.414 e. The Labute approximate surface area is 124 Å². The van der Waals surface area contributed by atoms with Crippen molar-refractivity contribution in [3.8, 4) is 0 Å². The Morgan fingerprint density at radius 2 is 1.65 bits per heavy atom. The molecule has 0 saturated carbocycles. The van der Waals surface area contributed by atoms with Crippen LogP contribution < -0.4 is 0 Å². The molecule has 3 radical (unpaired) electrons. The number of unbranched alkanes of at least 4 members (excludes halogenated alkanes) is 4. The van der Waals surface area contributed by atoms with E-state index in [4.69, 9.17) is 4.43 Å². The number of aryl methyl sites for hydroxylation is 1. The molecule has 0 unspecified atom stereocenters. The van der Waals surface area contributed by atoms with E-state index in [2.05, 4.69) is 24.3 Å². The zero-order valence-electron chi connectivity index (χ0n) is 12.3. The third-order valence-corrected chi connectivity index (χ3v) is 4.06. The maximum absolute atomic E-state index is 13.0. The second kappa shape index (κ2) is 8.52. The predicted octanol–water partition coefficient (Wildman–Crippen LogP) is 4.73. The molecular weight excluding hydrogens is 274 g/mol. The number of rotatable bonds is 9. The molecule has 0 bridgehead atoms. The SMILES string of the molecule is CC(C)(CCCCCCCc1ccc(F)c(F)c1)O[Si]. The lowest BCUT2D eigenvalue weighted by atomic mass is 9.99. The fourth-order valence-electron chi connectivity index (χ4n) is 2.16. The summed E-state index contributed by atoms with van der Waals surface area (Å²) in [4.78, 5) is 0. The van der Waals surface area contributed by atoms with Gasteiger partial charge in [0, 0.05) is 5.60 Å². The van der Waals surface area contributed by atoms with Gasteiger partial charge in [-0.3, -0.25) is 0 Å². The van der Waals surface area contributed by atoms with Crippen molar-refractivity contribution in [1.29, 1.82) is 0 Å². The molecule has 0 amide bonds. The third kappa shape index (κ3) is 6.62. The highest BCUT2D eigenvalue weighted by Gasteiger charge is 2.14. The third-order valence-electron chi connectivity index (χ3n) is 3.50. The molecular formula is C16H23F2OSi. The first kappa shape index (κ1) is 17.3. The molecule has 0 saturated heterocycles. The van der Waals surface area contributed by atoms with Crippen LogP contribution in [0.15, 0.2) is 18.2 Å². The summed E-state index contributed by atoms with van der Waals surface area (Å²) in [6.45, 7) is 4.12. The molecule has 0 aromatic heterocycles. The van der Waals surface area contributed by atoms with E-state index in [0.29, 0.717) is 0 Å². The molecule has 111 valence electrons. The zero-order valence-corrected chi connectivity index (χ0v) is 13.3. The summed E-state index contributed by atoms with van der Waals surface area (Å²) in [5.41, 5.74) is 0.764. The summed E-state index contributed by atoms with van der Waals surface area (Å²) >= 11 is 0. The van der Waals surface area contributed by atoms with Crippen LogP contribution in [-0.2, 0) is 10.8 Å². The topological polar surface area (TPSA) is 9.23 Å². The van der Waals surface area contributed by atoms with Crippen LogP contribution in [0.4, 0.5) is 8.78 Å². The zero-order chi connectivity index (χ0) is 15.0. The standard InChI is InChI=1S/C16H23F2OSi/c1-16(2,19-20)11-7-5-3-4-6-8-13-9-10-14(17)15(18)12-13/h9-10,12H,3-8,11H2,1-2H3. The van der Waals surface area contributed by atoms with E-state index < -0.39 is 11.6 Å². The summed E-state index contributed by atoms with van der Waals surface area (Å²) in [6.07, 6.45) is 7.46. The van der Waals surface area contributed by atoms with E-state index in [1.807, 2.05) is 0 Å². The van der Waals surface area contributed by atoms with Gasteiger partial charge in [0.05, 0.1) is 0 Å². The van der Waals surface area contributed by atoms with Crippen LogP contribution in [0.5, 0.6) is 0 Å². The van der Waals surface area contributed by atoms with Crippen LogP contribution in [0.2, 0.25) is 0 Å². The number of halogens is 2. The van der Waals surface area contributed by atoms with Crippen LogP contribution in [0.1, 0.15) is 57.9 Å². The highest BCUT2D eigenvalue weighted by atomic mass is 28.2. The quantitative estimate of drug-likeness (QED) is 0.473. The molecule has 0 atom stereocenters. The minimum atomic E-state index is -0.773. The van der Waals surface area contributed by atoms with Crippen molar-refractivity contribution >= 4 is 10.5 Å². The summed E-state index contributed by atoms with van der Waals surface area (Å²) in [5, 5.41) is 0. The smallest absolute Gasteiger partial charge is 0.246 e. The van der Waals surface area contributed by atoms with Crippen molar-refractivity contribution in [2.75, 3.05) is 0 Å². The molecule has 0 fully saturated rings. The van der Waals surface area contributed by atoms with E-state index in [-0.39, 0.29) is 5.60 Å². The average Bonchev–Trinajstić information content (AvgIpc) is 2.41. The second-order valence-electron chi connectivity index (χ2n) is 5.88. The number of benzene rings is 1. The van der Waals surface area contributed by atoms with Gasteiger partial charge >= 0.3 is 0 Å².